The summed E-state index contributed by atoms with van der Waals surface area (Å²) in [5.41, 5.74) is 11.7. The van der Waals surface area contributed by atoms with Gasteiger partial charge in [0, 0.05) is 19.3 Å². The summed E-state index contributed by atoms with van der Waals surface area (Å²) in [6, 6.07) is 35.9. The van der Waals surface area contributed by atoms with Crippen molar-refractivity contribution in [3.63, 3.8) is 0 Å². The number of para-hydroxylation sites is 2. The molecule has 4 amide bonds. The molecule has 14 heteroatoms. The number of likely N-dealkylation sites (tertiary alicyclic amines) is 2. The third kappa shape index (κ3) is 9.50. The first-order valence-corrected chi connectivity index (χ1v) is 26.2. The van der Waals surface area contributed by atoms with Gasteiger partial charge in [-0.15, -0.1) is 0 Å². The Bertz CT molecular complexity index is 3060. The Labute approximate surface area is 426 Å². The highest BCUT2D eigenvalue weighted by Crippen LogP contribution is 2.58. The van der Waals surface area contributed by atoms with Crippen LogP contribution in [0.1, 0.15) is 113 Å². The SMILES string of the molecule is CC(C)[C@H](NC(=O)Oc1ccccc1)C(=O)N1CCC[C@H]1c1nc2ccc(-c3ccc(-c4ccc(C5=CNC([C@@H]6CCCN6C(=O)[C@@H](NC(=O)Oc6ccccc6)C(C)C)N5)cc4)c4c3C3CCC4C3)cc2[nH]1. The number of aromatic nitrogens is 2. The van der Waals surface area contributed by atoms with Crippen molar-refractivity contribution in [3.8, 4) is 33.8 Å². The number of benzene rings is 5. The fourth-order valence-corrected chi connectivity index (χ4v) is 12.1. The van der Waals surface area contributed by atoms with Crippen LogP contribution in [0.5, 0.6) is 11.5 Å². The summed E-state index contributed by atoms with van der Waals surface area (Å²) in [7, 11) is 0. The zero-order valence-electron chi connectivity index (χ0n) is 41.9. The fourth-order valence-electron chi connectivity index (χ4n) is 12.1. The molecule has 3 fully saturated rings. The predicted molar refractivity (Wildman–Crippen MR) is 281 cm³/mol. The standard InChI is InChI=1S/C59H64N8O6/c1-34(2)52(64-58(70)72-41-13-7-5-8-14-41)56(68)66-29-11-17-48(66)54-60-33-47(63-54)37-21-19-36(20-22-37)43-26-27-44(51-40-24-23-39(31-40)50(43)51)38-25-28-45-46(32-38)62-55(61-45)49-18-12-30-67(49)57(69)53(35(3)4)65-59(71)73-42-15-9-6-10-16-42/h5-10,13-16,19-22,25-28,32-35,39-40,48-49,52-54,60,63H,11-12,17-18,23-24,29-31H2,1-4H3,(H,61,62)(H,64,70)(H,65,71)/t39?,40?,48-,49-,52-,53-,54?/m0/s1. The molecule has 5 aliphatic rings. The van der Waals surface area contributed by atoms with Gasteiger partial charge < -0.3 is 45.5 Å². The van der Waals surface area contributed by atoms with Gasteiger partial charge >= 0.3 is 12.2 Å². The molecule has 7 atom stereocenters. The number of imidazole rings is 1. The first-order chi connectivity index (χ1) is 35.5. The van der Waals surface area contributed by atoms with Crippen LogP contribution < -0.4 is 30.7 Å². The van der Waals surface area contributed by atoms with Gasteiger partial charge in [-0.3, -0.25) is 9.59 Å². The molecular formula is C59H64N8O6. The second-order valence-electron chi connectivity index (χ2n) is 21.0. The molecule has 376 valence electrons. The topological polar surface area (TPSA) is 170 Å². The fraction of sp³-hybridized carbons (Fsp3) is 0.373. The molecule has 4 heterocycles. The molecule has 73 heavy (non-hydrogen) atoms. The van der Waals surface area contributed by atoms with Gasteiger partial charge in [0.15, 0.2) is 0 Å². The largest absolute Gasteiger partial charge is 0.413 e. The third-order valence-electron chi connectivity index (χ3n) is 15.7. The Morgan fingerprint density at radius 3 is 1.79 bits per heavy atom. The number of aromatic amines is 1. The van der Waals surface area contributed by atoms with Crippen molar-refractivity contribution in [2.24, 2.45) is 11.8 Å². The second-order valence-corrected chi connectivity index (χ2v) is 21.0. The van der Waals surface area contributed by atoms with Crippen LogP contribution in [0.25, 0.3) is 39.0 Å². The second kappa shape index (κ2) is 20.1. The maximum atomic E-state index is 14.2. The summed E-state index contributed by atoms with van der Waals surface area (Å²) in [5.74, 6) is 2.10. The molecule has 3 unspecified atom stereocenters. The molecule has 11 rings (SSSR count). The van der Waals surface area contributed by atoms with Crippen LogP contribution in [-0.2, 0) is 9.59 Å². The molecule has 1 aromatic heterocycles. The van der Waals surface area contributed by atoms with Crippen molar-refractivity contribution < 1.29 is 28.7 Å². The Balaban J connectivity index is 0.771. The summed E-state index contributed by atoms with van der Waals surface area (Å²) in [6.45, 7) is 8.94. The van der Waals surface area contributed by atoms with E-state index in [-0.39, 0.29) is 41.9 Å². The number of nitrogens with one attached hydrogen (secondary N) is 5. The summed E-state index contributed by atoms with van der Waals surface area (Å²) in [6.07, 6.45) is 7.44. The van der Waals surface area contributed by atoms with Crippen molar-refractivity contribution in [1.29, 1.82) is 0 Å². The molecule has 2 bridgehead atoms. The van der Waals surface area contributed by atoms with E-state index in [2.05, 4.69) is 80.8 Å². The number of carbonyl (C=O) groups is 4. The lowest BCUT2D eigenvalue weighted by Crippen LogP contribution is -2.57. The molecule has 2 saturated heterocycles. The number of fused-ring (bicyclic) bond motifs is 6. The van der Waals surface area contributed by atoms with Crippen molar-refractivity contribution in [2.75, 3.05) is 13.1 Å². The Hall–Kier alpha value is -7.61. The summed E-state index contributed by atoms with van der Waals surface area (Å²) in [5, 5.41) is 12.9. The summed E-state index contributed by atoms with van der Waals surface area (Å²) < 4.78 is 11.0. The highest BCUT2D eigenvalue weighted by Gasteiger charge is 2.43. The van der Waals surface area contributed by atoms with E-state index < -0.39 is 24.3 Å². The van der Waals surface area contributed by atoms with E-state index in [9.17, 15) is 19.2 Å². The molecule has 1 saturated carbocycles. The molecule has 0 radical (unpaired) electrons. The van der Waals surface area contributed by atoms with Gasteiger partial charge in [-0.1, -0.05) is 107 Å². The van der Waals surface area contributed by atoms with Crippen LogP contribution in [0.2, 0.25) is 0 Å². The zero-order chi connectivity index (χ0) is 50.3. The maximum absolute atomic E-state index is 14.2. The lowest BCUT2D eigenvalue weighted by atomic mass is 9.81. The van der Waals surface area contributed by atoms with E-state index in [1.165, 1.54) is 47.1 Å². The number of rotatable bonds is 13. The van der Waals surface area contributed by atoms with Gasteiger partial charge in [-0.2, -0.15) is 0 Å². The quantitative estimate of drug-likeness (QED) is 0.0756. The molecule has 5 aromatic carbocycles. The Morgan fingerprint density at radius 2 is 1.18 bits per heavy atom. The molecule has 5 N–H and O–H groups in total. The zero-order valence-corrected chi connectivity index (χ0v) is 41.9. The Kier molecular flexibility index (Phi) is 13.1. The number of carbonyl (C=O) groups excluding carboxylic acids is 4. The number of nitrogens with zero attached hydrogens (tertiary/aromatic N) is 3. The molecule has 6 aromatic rings. The number of hydrogen-bond donors (Lipinski definition) is 5. The monoisotopic (exact) mass is 980 g/mol. The first kappa shape index (κ1) is 47.7. The summed E-state index contributed by atoms with van der Waals surface area (Å²) in [4.78, 5) is 66.5. The van der Waals surface area contributed by atoms with Gasteiger partial charge in [0.25, 0.3) is 0 Å². The minimum absolute atomic E-state index is 0.0963. The van der Waals surface area contributed by atoms with Gasteiger partial charge in [0.05, 0.1) is 28.8 Å². The smallest absolute Gasteiger partial charge is 0.410 e. The number of amides is 4. The minimum atomic E-state index is -0.749. The van der Waals surface area contributed by atoms with E-state index in [4.69, 9.17) is 14.5 Å². The highest BCUT2D eigenvalue weighted by atomic mass is 16.6. The van der Waals surface area contributed by atoms with Crippen molar-refractivity contribution in [1.82, 2.24) is 41.0 Å². The number of H-pyrrole nitrogens is 1. The lowest BCUT2D eigenvalue weighted by molar-refractivity contribution is -0.136. The minimum Gasteiger partial charge on any atom is -0.410 e. The lowest BCUT2D eigenvalue weighted by Gasteiger charge is -2.34. The molecule has 2 aliphatic carbocycles. The maximum Gasteiger partial charge on any atom is 0.413 e. The summed E-state index contributed by atoms with van der Waals surface area (Å²) >= 11 is 0. The van der Waals surface area contributed by atoms with E-state index in [0.29, 0.717) is 36.4 Å². The van der Waals surface area contributed by atoms with Crippen LogP contribution in [-0.4, -0.2) is 81.1 Å². The van der Waals surface area contributed by atoms with E-state index in [1.807, 2.05) is 55.8 Å². The van der Waals surface area contributed by atoms with E-state index >= 15 is 0 Å². The van der Waals surface area contributed by atoms with Crippen LogP contribution in [0.3, 0.4) is 0 Å². The predicted octanol–water partition coefficient (Wildman–Crippen LogP) is 10.4. The Morgan fingerprint density at radius 1 is 0.630 bits per heavy atom. The van der Waals surface area contributed by atoms with Crippen LogP contribution in [0.4, 0.5) is 9.59 Å². The van der Waals surface area contributed by atoms with Gasteiger partial charge in [-0.25, -0.2) is 14.6 Å². The normalized spacial score (nSPS) is 21.7. The number of ether oxygens (including phenoxy) is 2. The van der Waals surface area contributed by atoms with Crippen molar-refractivity contribution in [2.45, 2.75) is 115 Å². The van der Waals surface area contributed by atoms with Crippen molar-refractivity contribution >= 4 is 40.7 Å². The number of hydrogen-bond acceptors (Lipinski definition) is 9. The average molecular weight is 981 g/mol. The highest BCUT2D eigenvalue weighted by molar-refractivity contribution is 5.89. The van der Waals surface area contributed by atoms with Crippen molar-refractivity contribution in [3.05, 3.63) is 144 Å². The van der Waals surface area contributed by atoms with E-state index in [1.54, 1.807) is 48.5 Å². The molecule has 0 spiro atoms. The van der Waals surface area contributed by atoms with Crippen LogP contribution in [0.15, 0.2) is 121 Å². The third-order valence-corrected chi connectivity index (χ3v) is 15.7. The van der Waals surface area contributed by atoms with Gasteiger partial charge in [0.2, 0.25) is 11.8 Å². The van der Waals surface area contributed by atoms with Gasteiger partial charge in [0.1, 0.15) is 35.6 Å². The van der Waals surface area contributed by atoms with Gasteiger partial charge in [-0.05, 0) is 144 Å². The first-order valence-electron chi connectivity index (χ1n) is 26.2. The molecular weight excluding hydrogens is 917 g/mol. The van der Waals surface area contributed by atoms with E-state index in [0.717, 1.165) is 59.4 Å². The van der Waals surface area contributed by atoms with Crippen LogP contribution >= 0.6 is 0 Å². The van der Waals surface area contributed by atoms with Crippen LogP contribution in [0, 0.1) is 11.8 Å². The molecule has 3 aliphatic heterocycles. The molecule has 14 nitrogen and oxygen atoms in total. The average Bonchev–Trinajstić information content (AvgIpc) is 4.27.